The predicted molar refractivity (Wildman–Crippen MR) is 50.1 cm³/mol. The highest BCUT2D eigenvalue weighted by molar-refractivity contribution is 4.84. The van der Waals surface area contributed by atoms with E-state index in [2.05, 4.69) is 5.32 Å². The van der Waals surface area contributed by atoms with Crippen molar-refractivity contribution in [3.8, 4) is 0 Å². The zero-order valence-corrected chi connectivity index (χ0v) is 8.46. The number of rotatable bonds is 5. The second-order valence-electron chi connectivity index (χ2n) is 3.75. The molecule has 3 N–H and O–H groups in total. The molecule has 0 bridgehead atoms. The van der Waals surface area contributed by atoms with Crippen molar-refractivity contribution in [2.24, 2.45) is 0 Å². The van der Waals surface area contributed by atoms with Crippen LogP contribution in [-0.4, -0.2) is 34.5 Å². The summed E-state index contributed by atoms with van der Waals surface area (Å²) in [6.07, 6.45) is 0.461. The van der Waals surface area contributed by atoms with E-state index in [-0.39, 0.29) is 24.3 Å². The minimum absolute atomic E-state index is 0.0158. The first-order valence-corrected chi connectivity index (χ1v) is 4.52. The normalized spacial score (nSPS) is 21.5. The second kappa shape index (κ2) is 4.80. The average molecular weight is 175 g/mol. The third-order valence-corrected chi connectivity index (χ3v) is 2.43. The van der Waals surface area contributed by atoms with Crippen LogP contribution in [0, 0.1) is 0 Å². The highest BCUT2D eigenvalue weighted by atomic mass is 16.3. The molecule has 3 atom stereocenters. The molecular weight excluding hydrogens is 154 g/mol. The molecule has 12 heavy (non-hydrogen) atoms. The second-order valence-corrected chi connectivity index (χ2v) is 3.75. The van der Waals surface area contributed by atoms with E-state index in [0.717, 1.165) is 6.42 Å². The molecule has 0 spiro atoms. The molecule has 0 amide bonds. The van der Waals surface area contributed by atoms with Crippen LogP contribution in [0.3, 0.4) is 0 Å². The van der Waals surface area contributed by atoms with Crippen molar-refractivity contribution < 1.29 is 10.2 Å². The third kappa shape index (κ3) is 3.52. The minimum atomic E-state index is -0.387. The standard InChI is InChI=1S/C9H21NO2/c1-5-9(4,6-11)10-7(2)8(3)12/h7-8,10-12H,5-6H2,1-4H3. The predicted octanol–water partition coefficient (Wildman–Crippen LogP) is 0.506. The van der Waals surface area contributed by atoms with Crippen molar-refractivity contribution in [3.63, 3.8) is 0 Å². The maximum Gasteiger partial charge on any atom is 0.0662 e. The van der Waals surface area contributed by atoms with E-state index < -0.39 is 0 Å². The van der Waals surface area contributed by atoms with E-state index >= 15 is 0 Å². The summed E-state index contributed by atoms with van der Waals surface area (Å²) in [6.45, 7) is 7.71. The first-order chi connectivity index (χ1) is 5.45. The Balaban J connectivity index is 4.02. The summed E-state index contributed by atoms with van der Waals surface area (Å²) in [4.78, 5) is 0. The van der Waals surface area contributed by atoms with Gasteiger partial charge in [-0.25, -0.2) is 0 Å². The van der Waals surface area contributed by atoms with Crippen LogP contribution in [0.2, 0.25) is 0 Å². The molecule has 0 aliphatic carbocycles. The third-order valence-electron chi connectivity index (χ3n) is 2.43. The van der Waals surface area contributed by atoms with Crippen LogP contribution >= 0.6 is 0 Å². The summed E-state index contributed by atoms with van der Waals surface area (Å²) in [5.74, 6) is 0. The molecule has 0 radical (unpaired) electrons. The number of nitrogens with one attached hydrogen (secondary N) is 1. The molecule has 0 aliphatic heterocycles. The molecule has 3 nitrogen and oxygen atoms in total. The van der Waals surface area contributed by atoms with Gasteiger partial charge in [-0.1, -0.05) is 6.92 Å². The number of hydrogen-bond acceptors (Lipinski definition) is 3. The van der Waals surface area contributed by atoms with Gasteiger partial charge in [0.15, 0.2) is 0 Å². The SMILES string of the molecule is CCC(C)(CO)NC(C)C(C)O. The zero-order valence-electron chi connectivity index (χ0n) is 8.46. The average Bonchev–Trinajstić information content (AvgIpc) is 2.04. The van der Waals surface area contributed by atoms with Gasteiger partial charge in [-0.05, 0) is 27.2 Å². The Kier molecular flexibility index (Phi) is 4.75. The quantitative estimate of drug-likeness (QED) is 0.570. The van der Waals surface area contributed by atoms with Crippen LogP contribution in [0.15, 0.2) is 0 Å². The van der Waals surface area contributed by atoms with Crippen LogP contribution in [0.5, 0.6) is 0 Å². The maximum absolute atomic E-state index is 9.23. The first kappa shape index (κ1) is 11.9. The highest BCUT2D eigenvalue weighted by Gasteiger charge is 2.24. The smallest absolute Gasteiger partial charge is 0.0662 e. The molecule has 0 saturated carbocycles. The molecular formula is C9H21NO2. The van der Waals surface area contributed by atoms with Crippen molar-refractivity contribution >= 4 is 0 Å². The van der Waals surface area contributed by atoms with Crippen molar-refractivity contribution in [3.05, 3.63) is 0 Å². The van der Waals surface area contributed by atoms with Gasteiger partial charge in [0, 0.05) is 11.6 Å². The van der Waals surface area contributed by atoms with Gasteiger partial charge in [-0.3, -0.25) is 0 Å². The molecule has 0 aromatic heterocycles. The molecule has 0 aromatic rings. The summed E-state index contributed by atoms with van der Waals surface area (Å²) < 4.78 is 0. The largest absolute Gasteiger partial charge is 0.394 e. The van der Waals surface area contributed by atoms with E-state index in [0.29, 0.717) is 0 Å². The fraction of sp³-hybridized carbons (Fsp3) is 1.00. The Hall–Kier alpha value is -0.120. The van der Waals surface area contributed by atoms with E-state index in [1.807, 2.05) is 20.8 Å². The Morgan fingerprint density at radius 2 is 1.92 bits per heavy atom. The first-order valence-electron chi connectivity index (χ1n) is 4.52. The van der Waals surface area contributed by atoms with Gasteiger partial charge in [-0.15, -0.1) is 0 Å². The number of aliphatic hydroxyl groups excluding tert-OH is 2. The molecule has 0 fully saturated rings. The summed E-state index contributed by atoms with van der Waals surface area (Å²) >= 11 is 0. The van der Waals surface area contributed by atoms with E-state index in [9.17, 15) is 5.11 Å². The van der Waals surface area contributed by atoms with Gasteiger partial charge < -0.3 is 15.5 Å². The molecule has 0 heterocycles. The van der Waals surface area contributed by atoms with Crippen molar-refractivity contribution in [1.29, 1.82) is 0 Å². The summed E-state index contributed by atoms with van der Waals surface area (Å²) in [7, 11) is 0. The van der Waals surface area contributed by atoms with Crippen LogP contribution in [0.4, 0.5) is 0 Å². The molecule has 0 aliphatic rings. The fourth-order valence-electron chi connectivity index (χ4n) is 0.930. The Labute approximate surface area is 74.8 Å². The van der Waals surface area contributed by atoms with Gasteiger partial charge in [-0.2, -0.15) is 0 Å². The van der Waals surface area contributed by atoms with E-state index in [1.54, 1.807) is 6.92 Å². The summed E-state index contributed by atoms with van der Waals surface area (Å²) in [5, 5.41) is 21.5. The molecule has 3 heteroatoms. The molecule has 0 rings (SSSR count). The minimum Gasteiger partial charge on any atom is -0.394 e. The number of aliphatic hydroxyl groups is 2. The maximum atomic E-state index is 9.23. The Morgan fingerprint density at radius 1 is 1.42 bits per heavy atom. The Bertz CT molecular complexity index is 122. The highest BCUT2D eigenvalue weighted by Crippen LogP contribution is 2.09. The monoisotopic (exact) mass is 175 g/mol. The van der Waals surface area contributed by atoms with Gasteiger partial charge in [0.25, 0.3) is 0 Å². The lowest BCUT2D eigenvalue weighted by Crippen LogP contribution is -2.52. The molecule has 74 valence electrons. The van der Waals surface area contributed by atoms with Gasteiger partial charge in [0.2, 0.25) is 0 Å². The molecule has 0 aromatic carbocycles. The van der Waals surface area contributed by atoms with E-state index in [4.69, 9.17) is 5.11 Å². The molecule has 3 unspecified atom stereocenters. The van der Waals surface area contributed by atoms with Crippen LogP contribution in [-0.2, 0) is 0 Å². The lowest BCUT2D eigenvalue weighted by Gasteiger charge is -2.32. The fourth-order valence-corrected chi connectivity index (χ4v) is 0.930. The van der Waals surface area contributed by atoms with Crippen molar-refractivity contribution in [2.45, 2.75) is 51.8 Å². The van der Waals surface area contributed by atoms with Gasteiger partial charge in [0.1, 0.15) is 0 Å². The van der Waals surface area contributed by atoms with Gasteiger partial charge in [0.05, 0.1) is 12.7 Å². The van der Waals surface area contributed by atoms with Crippen molar-refractivity contribution in [2.75, 3.05) is 6.61 Å². The van der Waals surface area contributed by atoms with Crippen LogP contribution in [0.25, 0.3) is 0 Å². The lowest BCUT2D eigenvalue weighted by atomic mass is 9.98. The zero-order chi connectivity index (χ0) is 9.78. The lowest BCUT2D eigenvalue weighted by molar-refractivity contribution is 0.102. The summed E-state index contributed by atoms with van der Waals surface area (Å²) in [6, 6.07) is 0.0158. The number of hydrogen-bond donors (Lipinski definition) is 3. The van der Waals surface area contributed by atoms with Crippen LogP contribution < -0.4 is 5.32 Å². The molecule has 0 saturated heterocycles. The van der Waals surface area contributed by atoms with E-state index in [1.165, 1.54) is 0 Å². The van der Waals surface area contributed by atoms with Crippen molar-refractivity contribution in [1.82, 2.24) is 5.32 Å². The van der Waals surface area contributed by atoms with Crippen LogP contribution in [0.1, 0.15) is 34.1 Å². The Morgan fingerprint density at radius 3 is 2.17 bits per heavy atom. The topological polar surface area (TPSA) is 52.5 Å². The summed E-state index contributed by atoms with van der Waals surface area (Å²) in [5.41, 5.74) is -0.267. The van der Waals surface area contributed by atoms with Gasteiger partial charge >= 0.3 is 0 Å².